The molecule has 13 nitrogen and oxygen atoms in total. The van der Waals surface area contributed by atoms with Crippen LogP contribution in [0.3, 0.4) is 0 Å². The lowest BCUT2D eigenvalue weighted by Crippen LogP contribution is -2.61. The fourth-order valence-corrected chi connectivity index (χ4v) is 3.34. The third-order valence-electron chi connectivity index (χ3n) is 5.33. The second kappa shape index (κ2) is 9.82. The van der Waals surface area contributed by atoms with E-state index in [1.165, 1.54) is 25.3 Å². The van der Waals surface area contributed by atoms with E-state index in [0.717, 1.165) is 0 Å². The zero-order valence-electron chi connectivity index (χ0n) is 17.0. The number of rotatable bonds is 7. The molecule has 2 aliphatic rings. The van der Waals surface area contributed by atoms with Crippen LogP contribution in [0.5, 0.6) is 11.5 Å². The molecule has 0 bridgehead atoms. The first-order valence-corrected chi connectivity index (χ1v) is 9.64. The van der Waals surface area contributed by atoms with Crippen molar-refractivity contribution in [2.45, 2.75) is 48.7 Å². The number of carbonyl (C=O) groups excluding carboxylic acids is 1. The van der Waals surface area contributed by atoms with Gasteiger partial charge in [-0.1, -0.05) is 0 Å². The first kappa shape index (κ1) is 24.6. The van der Waals surface area contributed by atoms with E-state index >= 15 is 0 Å². The highest BCUT2D eigenvalue weighted by atomic mass is 16.8. The highest BCUT2D eigenvalue weighted by molar-refractivity contribution is 5.90. The fraction of sp³-hybridized carbons (Fsp3) is 0.632. The number of methoxy groups -OCH3 is 1. The minimum atomic E-state index is -2.02. The average molecular weight is 462 g/mol. The van der Waals surface area contributed by atoms with Gasteiger partial charge in [0, 0.05) is 0 Å². The van der Waals surface area contributed by atoms with E-state index in [9.17, 15) is 40.5 Å². The van der Waals surface area contributed by atoms with E-state index in [1.54, 1.807) is 0 Å². The fourth-order valence-electron chi connectivity index (χ4n) is 3.34. The van der Waals surface area contributed by atoms with Gasteiger partial charge in [-0.15, -0.1) is 0 Å². The van der Waals surface area contributed by atoms with Gasteiger partial charge >= 0.3 is 5.97 Å². The third kappa shape index (κ3) is 4.66. The number of ether oxygens (including phenoxy) is 5. The van der Waals surface area contributed by atoms with E-state index < -0.39 is 74.5 Å². The van der Waals surface area contributed by atoms with Gasteiger partial charge in [-0.2, -0.15) is 0 Å². The molecule has 7 N–H and O–H groups in total. The molecule has 0 amide bonds. The first-order valence-electron chi connectivity index (χ1n) is 9.64. The lowest BCUT2D eigenvalue weighted by atomic mass is 9.98. The van der Waals surface area contributed by atoms with Crippen LogP contribution < -0.4 is 4.74 Å². The number of aromatic hydroxyl groups is 1. The van der Waals surface area contributed by atoms with Crippen molar-refractivity contribution in [1.29, 1.82) is 0 Å². The molecule has 0 saturated carbocycles. The molecule has 0 radical (unpaired) electrons. The molecule has 3 rings (SSSR count). The quantitative estimate of drug-likeness (QED) is 0.200. The molecule has 32 heavy (non-hydrogen) atoms. The van der Waals surface area contributed by atoms with Crippen LogP contribution in [-0.2, 0) is 18.9 Å². The Bertz CT molecular complexity index is 803. The van der Waals surface area contributed by atoms with Crippen molar-refractivity contribution in [2.24, 2.45) is 0 Å². The van der Waals surface area contributed by atoms with E-state index in [0.29, 0.717) is 0 Å². The zero-order valence-corrected chi connectivity index (χ0v) is 17.0. The number of aliphatic hydroxyl groups excluding tert-OH is 5. The van der Waals surface area contributed by atoms with Gasteiger partial charge in [-0.05, 0) is 18.2 Å². The second-order valence-electron chi connectivity index (χ2n) is 7.49. The lowest BCUT2D eigenvalue weighted by molar-refractivity contribution is -0.324. The molecule has 0 aromatic heterocycles. The SMILES string of the molecule is COc1cc(C(=O)O[C@@H]2O[C@H](CO)[C@@H](O)[C@H](O)[C@H]2O[C@@H]2OC[C@](O)(CO)[C@H]2O)ccc1O. The van der Waals surface area contributed by atoms with Crippen molar-refractivity contribution >= 4 is 5.97 Å². The molecule has 2 aliphatic heterocycles. The van der Waals surface area contributed by atoms with E-state index in [2.05, 4.69) is 0 Å². The van der Waals surface area contributed by atoms with E-state index in [1.807, 2.05) is 0 Å². The summed E-state index contributed by atoms with van der Waals surface area (Å²) in [6.45, 7) is -2.05. The average Bonchev–Trinajstić information content (AvgIpc) is 3.07. The molecular weight excluding hydrogens is 436 g/mol. The predicted molar refractivity (Wildman–Crippen MR) is 100 cm³/mol. The van der Waals surface area contributed by atoms with Gasteiger partial charge in [0.25, 0.3) is 0 Å². The van der Waals surface area contributed by atoms with Gasteiger partial charge in [0.2, 0.25) is 6.29 Å². The number of carbonyl (C=O) groups is 1. The van der Waals surface area contributed by atoms with Crippen molar-refractivity contribution in [2.75, 3.05) is 26.9 Å². The first-order chi connectivity index (χ1) is 15.1. The molecule has 1 aromatic carbocycles. The van der Waals surface area contributed by atoms with E-state index in [-0.39, 0.29) is 17.1 Å². The van der Waals surface area contributed by atoms with Crippen LogP contribution in [0.4, 0.5) is 0 Å². The molecule has 8 atom stereocenters. The van der Waals surface area contributed by atoms with Crippen molar-refractivity contribution in [3.8, 4) is 11.5 Å². The Kier molecular flexibility index (Phi) is 7.54. The Morgan fingerprint density at radius 3 is 2.50 bits per heavy atom. The maximum atomic E-state index is 12.6. The molecule has 13 heteroatoms. The Balaban J connectivity index is 1.81. The van der Waals surface area contributed by atoms with Crippen LogP contribution in [0.15, 0.2) is 18.2 Å². The number of hydrogen-bond donors (Lipinski definition) is 7. The molecule has 2 heterocycles. The third-order valence-corrected chi connectivity index (χ3v) is 5.33. The number of phenolic OH excluding ortho intramolecular Hbond substituents is 1. The summed E-state index contributed by atoms with van der Waals surface area (Å²) in [4.78, 5) is 12.6. The summed E-state index contributed by atoms with van der Waals surface area (Å²) in [7, 11) is 1.28. The smallest absolute Gasteiger partial charge is 0.340 e. The zero-order chi connectivity index (χ0) is 23.6. The molecule has 2 saturated heterocycles. The molecular formula is C19H26O13. The van der Waals surface area contributed by atoms with Crippen LogP contribution in [0.1, 0.15) is 10.4 Å². The highest BCUT2D eigenvalue weighted by Crippen LogP contribution is 2.32. The summed E-state index contributed by atoms with van der Waals surface area (Å²) in [6.07, 6.45) is -11.3. The summed E-state index contributed by atoms with van der Waals surface area (Å²) in [5.41, 5.74) is -2.08. The van der Waals surface area contributed by atoms with Crippen LogP contribution in [0.2, 0.25) is 0 Å². The maximum Gasteiger partial charge on any atom is 0.340 e. The molecule has 0 aliphatic carbocycles. The highest BCUT2D eigenvalue weighted by Gasteiger charge is 2.53. The number of phenols is 1. The van der Waals surface area contributed by atoms with Crippen LogP contribution >= 0.6 is 0 Å². The number of hydrogen-bond acceptors (Lipinski definition) is 13. The van der Waals surface area contributed by atoms with Crippen molar-refractivity contribution < 1.29 is 64.2 Å². The summed E-state index contributed by atoms with van der Waals surface area (Å²) in [5, 5.41) is 69.3. The minimum Gasteiger partial charge on any atom is -0.504 e. The van der Waals surface area contributed by atoms with Crippen molar-refractivity contribution in [1.82, 2.24) is 0 Å². The van der Waals surface area contributed by atoms with Gasteiger partial charge in [0.05, 0.1) is 32.5 Å². The van der Waals surface area contributed by atoms with Gasteiger partial charge in [-0.25, -0.2) is 4.79 Å². The van der Waals surface area contributed by atoms with Crippen LogP contribution in [-0.4, -0.2) is 117 Å². The van der Waals surface area contributed by atoms with Crippen molar-refractivity contribution in [3.63, 3.8) is 0 Å². The molecule has 0 unspecified atom stereocenters. The Labute approximate surface area is 181 Å². The Morgan fingerprint density at radius 1 is 1.19 bits per heavy atom. The van der Waals surface area contributed by atoms with Gasteiger partial charge < -0.3 is 59.4 Å². The topological polar surface area (TPSA) is 205 Å². The van der Waals surface area contributed by atoms with E-state index in [4.69, 9.17) is 23.7 Å². The summed E-state index contributed by atoms with van der Waals surface area (Å²) in [6, 6.07) is 3.62. The van der Waals surface area contributed by atoms with Gasteiger partial charge in [0.15, 0.2) is 23.9 Å². The second-order valence-corrected chi connectivity index (χ2v) is 7.49. The predicted octanol–water partition coefficient (Wildman–Crippen LogP) is -3.18. The van der Waals surface area contributed by atoms with Gasteiger partial charge in [-0.3, -0.25) is 0 Å². The monoisotopic (exact) mass is 462 g/mol. The molecule has 0 spiro atoms. The number of esters is 1. The molecule has 1 aromatic rings. The Morgan fingerprint density at radius 2 is 1.91 bits per heavy atom. The number of benzene rings is 1. The summed E-state index contributed by atoms with van der Waals surface area (Å²) >= 11 is 0. The standard InChI is InChI=1S/C19H26O13/c1-28-10-4-8(2-3-9(10)22)16(26)32-17-14(13(24)12(23)11(5-20)30-17)31-18-15(25)19(27,6-21)7-29-18/h2-4,11-15,17-18,20-25,27H,5-7H2,1H3/t11-,12-,13+,14-,15+,17+,18+,19-/m1/s1. The summed E-state index contributed by atoms with van der Waals surface area (Å²) < 4.78 is 26.1. The lowest BCUT2D eigenvalue weighted by Gasteiger charge is -2.42. The van der Waals surface area contributed by atoms with Crippen LogP contribution in [0.25, 0.3) is 0 Å². The Hall–Kier alpha value is -2.07. The normalized spacial score (nSPS) is 37.3. The molecule has 2 fully saturated rings. The van der Waals surface area contributed by atoms with Gasteiger partial charge in [0.1, 0.15) is 30.0 Å². The summed E-state index contributed by atoms with van der Waals surface area (Å²) in [5.74, 6) is -1.21. The van der Waals surface area contributed by atoms with Crippen LogP contribution in [0, 0.1) is 0 Å². The van der Waals surface area contributed by atoms with Crippen molar-refractivity contribution in [3.05, 3.63) is 23.8 Å². The molecule has 180 valence electrons. The largest absolute Gasteiger partial charge is 0.504 e. The maximum absolute atomic E-state index is 12.6. The number of aliphatic hydroxyl groups is 6. The minimum absolute atomic E-state index is 0.00808.